The summed E-state index contributed by atoms with van der Waals surface area (Å²) in [7, 11) is 0. The van der Waals surface area contributed by atoms with Crippen molar-refractivity contribution in [1.82, 2.24) is 0 Å². The molecule has 0 atom stereocenters. The minimum atomic E-state index is 0.716. The van der Waals surface area contributed by atoms with Crippen molar-refractivity contribution in [2.45, 2.75) is 6.42 Å². The van der Waals surface area contributed by atoms with Crippen LogP contribution in [0.2, 0.25) is 0 Å². The summed E-state index contributed by atoms with van der Waals surface area (Å²) in [4.78, 5) is 8.15. The molecule has 0 saturated carbocycles. The van der Waals surface area contributed by atoms with Gasteiger partial charge in [0.05, 0.1) is 21.7 Å². The molecule has 2 aromatic carbocycles. The summed E-state index contributed by atoms with van der Waals surface area (Å²) in [6.07, 6.45) is 0.716. The van der Waals surface area contributed by atoms with Crippen molar-refractivity contribution in [1.29, 1.82) is 0 Å². The van der Waals surface area contributed by atoms with Gasteiger partial charge < -0.3 is 0 Å². The van der Waals surface area contributed by atoms with E-state index in [9.17, 15) is 0 Å². The van der Waals surface area contributed by atoms with Crippen LogP contribution in [0.1, 0.15) is 11.1 Å². The van der Waals surface area contributed by atoms with Crippen molar-refractivity contribution in [3.63, 3.8) is 0 Å². The molecular formula is C15H10N2S2. The van der Waals surface area contributed by atoms with Crippen LogP contribution in [-0.4, -0.2) is 10.3 Å². The predicted octanol–water partition coefficient (Wildman–Crippen LogP) is 4.75. The Balaban J connectivity index is 2.41. The first kappa shape index (κ1) is 13.5. The highest BCUT2D eigenvalue weighted by Gasteiger charge is 2.05. The highest BCUT2D eigenvalue weighted by Crippen LogP contribution is 2.26. The van der Waals surface area contributed by atoms with Crippen LogP contribution < -0.4 is 0 Å². The molecule has 0 unspecified atom stereocenters. The largest absolute Gasteiger partial charge is 0.194 e. The van der Waals surface area contributed by atoms with E-state index < -0.39 is 0 Å². The Kier molecular flexibility index (Phi) is 4.85. The summed E-state index contributed by atoms with van der Waals surface area (Å²) in [6.45, 7) is 0. The fourth-order valence-corrected chi connectivity index (χ4v) is 2.04. The summed E-state index contributed by atoms with van der Waals surface area (Å²) in [5, 5.41) is 4.81. The Hall–Kier alpha value is -1.96. The molecule has 2 aromatic rings. The molecule has 0 radical (unpaired) electrons. The number of nitrogens with zero attached hydrogens (tertiary/aromatic N) is 2. The van der Waals surface area contributed by atoms with Gasteiger partial charge in [-0.3, -0.25) is 0 Å². The smallest absolute Gasteiger partial charge is 0.0774 e. The van der Waals surface area contributed by atoms with Crippen LogP contribution in [0.25, 0.3) is 0 Å². The van der Waals surface area contributed by atoms with E-state index in [0.717, 1.165) is 22.5 Å². The van der Waals surface area contributed by atoms with Crippen molar-refractivity contribution < 1.29 is 0 Å². The lowest BCUT2D eigenvalue weighted by Gasteiger charge is -2.06. The summed E-state index contributed by atoms with van der Waals surface area (Å²) in [6, 6.07) is 15.7. The van der Waals surface area contributed by atoms with Crippen LogP contribution >= 0.6 is 24.4 Å². The van der Waals surface area contributed by atoms with Gasteiger partial charge in [0.2, 0.25) is 0 Å². The third-order valence-corrected chi connectivity index (χ3v) is 2.88. The molecule has 92 valence electrons. The monoisotopic (exact) mass is 282 g/mol. The first-order chi connectivity index (χ1) is 9.35. The fourth-order valence-electron chi connectivity index (χ4n) is 1.84. The second-order valence-corrected chi connectivity index (χ2v) is 4.21. The summed E-state index contributed by atoms with van der Waals surface area (Å²) >= 11 is 9.33. The average molecular weight is 282 g/mol. The molecule has 0 aliphatic carbocycles. The molecule has 0 spiro atoms. The number of thiocarbonyl (C=S) groups is 2. The van der Waals surface area contributed by atoms with E-state index in [1.54, 1.807) is 0 Å². The number of hydrogen-bond acceptors (Lipinski definition) is 4. The molecule has 0 aliphatic rings. The van der Waals surface area contributed by atoms with Gasteiger partial charge in [0.1, 0.15) is 0 Å². The maximum absolute atomic E-state index is 4.67. The normalized spacial score (nSPS) is 9.26. The van der Waals surface area contributed by atoms with E-state index in [4.69, 9.17) is 0 Å². The van der Waals surface area contributed by atoms with Crippen LogP contribution in [0.5, 0.6) is 0 Å². The second kappa shape index (κ2) is 6.83. The summed E-state index contributed by atoms with van der Waals surface area (Å²) in [5.41, 5.74) is 3.82. The van der Waals surface area contributed by atoms with Crippen LogP contribution in [0, 0.1) is 0 Å². The molecule has 4 heteroatoms. The molecular weight excluding hydrogens is 272 g/mol. The second-order valence-electron chi connectivity index (χ2n) is 3.84. The van der Waals surface area contributed by atoms with E-state index >= 15 is 0 Å². The van der Waals surface area contributed by atoms with E-state index in [0.29, 0.717) is 6.42 Å². The van der Waals surface area contributed by atoms with Crippen molar-refractivity contribution in [3.8, 4) is 0 Å². The predicted molar refractivity (Wildman–Crippen MR) is 85.1 cm³/mol. The van der Waals surface area contributed by atoms with Gasteiger partial charge in [0, 0.05) is 6.42 Å². The topological polar surface area (TPSA) is 24.7 Å². The van der Waals surface area contributed by atoms with Crippen molar-refractivity contribution in [2.24, 2.45) is 9.98 Å². The van der Waals surface area contributed by atoms with Gasteiger partial charge in [-0.05, 0) is 47.7 Å². The molecule has 0 amide bonds. The van der Waals surface area contributed by atoms with Crippen LogP contribution in [0.4, 0.5) is 11.4 Å². The molecule has 0 heterocycles. The molecule has 0 fully saturated rings. The Labute approximate surface area is 122 Å². The van der Waals surface area contributed by atoms with Gasteiger partial charge in [0.25, 0.3) is 0 Å². The Bertz CT molecular complexity index is 623. The first-order valence-corrected chi connectivity index (χ1v) is 6.48. The highest BCUT2D eigenvalue weighted by molar-refractivity contribution is 7.78. The number of hydrogen-bond donors (Lipinski definition) is 0. The quantitative estimate of drug-likeness (QED) is 0.597. The van der Waals surface area contributed by atoms with Gasteiger partial charge in [-0.15, -0.1) is 0 Å². The van der Waals surface area contributed by atoms with E-state index in [1.807, 2.05) is 48.5 Å². The average Bonchev–Trinajstić information content (AvgIpc) is 2.44. The Morgan fingerprint density at radius 1 is 0.737 bits per heavy atom. The summed E-state index contributed by atoms with van der Waals surface area (Å²) < 4.78 is 0. The highest BCUT2D eigenvalue weighted by atomic mass is 32.1. The Morgan fingerprint density at radius 2 is 1.16 bits per heavy atom. The van der Waals surface area contributed by atoms with Crippen LogP contribution in [0.3, 0.4) is 0 Å². The van der Waals surface area contributed by atoms with E-state index in [-0.39, 0.29) is 0 Å². The van der Waals surface area contributed by atoms with Crippen LogP contribution in [0.15, 0.2) is 58.5 Å². The minimum Gasteiger partial charge on any atom is -0.194 e. The van der Waals surface area contributed by atoms with Gasteiger partial charge in [-0.1, -0.05) is 36.4 Å². The SMILES string of the molecule is S=C=Nc1ccccc1Cc1ccccc1N=C=S. The zero-order valence-electron chi connectivity index (χ0n) is 10.0. The van der Waals surface area contributed by atoms with Gasteiger partial charge in [0.15, 0.2) is 0 Å². The van der Waals surface area contributed by atoms with Gasteiger partial charge in [-0.2, -0.15) is 9.98 Å². The van der Waals surface area contributed by atoms with Crippen molar-refractivity contribution in [3.05, 3.63) is 59.7 Å². The lowest BCUT2D eigenvalue weighted by Crippen LogP contribution is -1.89. The van der Waals surface area contributed by atoms with E-state index in [2.05, 4.69) is 44.7 Å². The molecule has 19 heavy (non-hydrogen) atoms. The third kappa shape index (κ3) is 3.50. The number of aliphatic imine (C=N–C) groups is 2. The molecule has 2 rings (SSSR count). The molecule has 2 nitrogen and oxygen atoms in total. The number of rotatable bonds is 4. The minimum absolute atomic E-state index is 0.716. The van der Waals surface area contributed by atoms with E-state index in [1.165, 1.54) is 0 Å². The Morgan fingerprint density at radius 3 is 1.58 bits per heavy atom. The van der Waals surface area contributed by atoms with Gasteiger partial charge >= 0.3 is 0 Å². The number of isothiocyanates is 2. The molecule has 0 aliphatic heterocycles. The fraction of sp³-hybridized carbons (Fsp3) is 0.0667. The number of benzene rings is 2. The standard InChI is InChI=1S/C15H10N2S2/c18-10-16-14-7-3-1-5-12(14)9-13-6-2-4-8-15(13)17-11-19/h1-8H,9H2. The zero-order valence-corrected chi connectivity index (χ0v) is 11.7. The van der Waals surface area contributed by atoms with Crippen molar-refractivity contribution >= 4 is 46.1 Å². The van der Waals surface area contributed by atoms with Crippen molar-refractivity contribution in [2.75, 3.05) is 0 Å². The summed E-state index contributed by atoms with van der Waals surface area (Å²) in [5.74, 6) is 0. The molecule has 0 saturated heterocycles. The maximum atomic E-state index is 4.67. The number of para-hydroxylation sites is 2. The zero-order chi connectivity index (χ0) is 13.5. The van der Waals surface area contributed by atoms with Crippen LogP contribution in [-0.2, 0) is 6.42 Å². The molecule has 0 aromatic heterocycles. The lowest BCUT2D eigenvalue weighted by atomic mass is 10.0. The first-order valence-electron chi connectivity index (χ1n) is 5.66. The molecule has 0 bridgehead atoms. The maximum Gasteiger partial charge on any atom is 0.0774 e. The lowest BCUT2D eigenvalue weighted by molar-refractivity contribution is 1.18. The third-order valence-electron chi connectivity index (χ3n) is 2.70. The van der Waals surface area contributed by atoms with Gasteiger partial charge in [-0.25, -0.2) is 0 Å². The molecule has 0 N–H and O–H groups in total.